The molecule has 2 aliphatic rings. The van der Waals surface area contributed by atoms with E-state index in [0.717, 1.165) is 70.9 Å². The molecule has 14 heteroatoms. The van der Waals surface area contributed by atoms with Crippen LogP contribution in [-0.4, -0.2) is 59.3 Å². The van der Waals surface area contributed by atoms with Crippen LogP contribution in [0.15, 0.2) is 60.8 Å². The van der Waals surface area contributed by atoms with Crippen molar-refractivity contribution in [1.82, 2.24) is 30.6 Å². The van der Waals surface area contributed by atoms with Crippen molar-refractivity contribution in [3.8, 4) is 0 Å². The van der Waals surface area contributed by atoms with E-state index in [1.54, 1.807) is 0 Å². The lowest BCUT2D eigenvalue weighted by atomic mass is 10.0. The summed E-state index contributed by atoms with van der Waals surface area (Å²) >= 11 is 0. The first-order chi connectivity index (χ1) is 22.0. The van der Waals surface area contributed by atoms with Crippen LogP contribution in [0.2, 0.25) is 0 Å². The number of pyridine rings is 2. The lowest BCUT2D eigenvalue weighted by molar-refractivity contribution is -0.141. The van der Waals surface area contributed by atoms with Crippen LogP contribution in [0.1, 0.15) is 34.6 Å². The third-order valence-electron chi connectivity index (χ3n) is 8.17. The second-order valence-electron chi connectivity index (χ2n) is 11.2. The van der Waals surface area contributed by atoms with Crippen LogP contribution in [0.5, 0.6) is 0 Å². The molecule has 6 aromatic rings. The summed E-state index contributed by atoms with van der Waals surface area (Å²) < 4.78 is 88.5. The number of rotatable bonds is 2. The summed E-state index contributed by atoms with van der Waals surface area (Å²) in [5.74, 6) is 0. The maximum absolute atomic E-state index is 12.9. The van der Waals surface area contributed by atoms with Crippen molar-refractivity contribution in [2.24, 2.45) is 0 Å². The lowest BCUT2D eigenvalue weighted by Crippen LogP contribution is -2.33. The summed E-state index contributed by atoms with van der Waals surface area (Å²) in [7, 11) is 0. The minimum atomic E-state index is -4.45. The number of benzene rings is 2. The van der Waals surface area contributed by atoms with Gasteiger partial charge in [-0.15, -0.1) is 0 Å². The van der Waals surface area contributed by atoms with Gasteiger partial charge in [-0.25, -0.2) is 9.97 Å². The average Bonchev–Trinajstić information content (AvgIpc) is 3.61. The molecule has 2 saturated heterocycles. The zero-order valence-electron chi connectivity index (χ0n) is 24.1. The molecule has 0 spiro atoms. The zero-order chi connectivity index (χ0) is 32.1. The maximum Gasteiger partial charge on any atom is 0.433 e. The Kier molecular flexibility index (Phi) is 7.83. The number of nitrogens with one attached hydrogen (secondary N) is 4. The Hall–Kier alpha value is -4.24. The van der Waals surface area contributed by atoms with Crippen molar-refractivity contribution in [2.45, 2.75) is 24.6 Å². The van der Waals surface area contributed by atoms with Gasteiger partial charge in [0.15, 0.2) is 0 Å². The molecule has 46 heavy (non-hydrogen) atoms. The van der Waals surface area contributed by atoms with Crippen LogP contribution in [0, 0.1) is 0 Å². The predicted octanol–water partition coefficient (Wildman–Crippen LogP) is 6.79. The molecular weight excluding hydrogens is 614 g/mol. The van der Waals surface area contributed by atoms with Gasteiger partial charge in [0.25, 0.3) is 0 Å². The summed E-state index contributed by atoms with van der Waals surface area (Å²) in [5.41, 5.74) is 2.54. The molecule has 0 bridgehead atoms. The van der Waals surface area contributed by atoms with E-state index in [4.69, 9.17) is 9.47 Å². The first-order valence-electron chi connectivity index (χ1n) is 14.7. The highest BCUT2D eigenvalue weighted by atomic mass is 19.4. The molecule has 2 aliphatic heterocycles. The smallest absolute Gasteiger partial charge is 0.371 e. The number of hydrogen-bond acceptors (Lipinski definition) is 6. The SMILES string of the molecule is FC(F)(F)c1ccc2c(n1)[nH]c1ccc([C@H]3CNCCO3)cc12.FC(F)(F)c1cnc2[nH]c3ccc([C@@H]4CNCCO4)cc3c2c1. The Balaban J connectivity index is 0.000000147. The van der Waals surface area contributed by atoms with Gasteiger partial charge < -0.3 is 30.1 Å². The Morgan fingerprint density at radius 3 is 1.76 bits per heavy atom. The third-order valence-corrected chi connectivity index (χ3v) is 8.17. The molecule has 4 aromatic heterocycles. The van der Waals surface area contributed by atoms with Crippen LogP contribution < -0.4 is 10.6 Å². The number of aromatic amines is 2. The summed E-state index contributed by atoms with van der Waals surface area (Å²) in [6.07, 6.45) is -8.12. The Labute approximate surface area is 257 Å². The van der Waals surface area contributed by atoms with Crippen molar-refractivity contribution in [2.75, 3.05) is 39.4 Å². The molecular formula is C32H28F6N6O2. The van der Waals surface area contributed by atoms with E-state index in [1.165, 1.54) is 6.07 Å². The molecule has 8 nitrogen and oxygen atoms in total. The fraction of sp³-hybridized carbons (Fsp3) is 0.312. The van der Waals surface area contributed by atoms with Crippen molar-refractivity contribution in [3.05, 3.63) is 83.2 Å². The molecule has 8 rings (SSSR count). The van der Waals surface area contributed by atoms with E-state index in [2.05, 4.69) is 30.6 Å². The topological polar surface area (TPSA) is 99.9 Å². The average molecular weight is 643 g/mol. The van der Waals surface area contributed by atoms with Gasteiger partial charge in [-0.1, -0.05) is 12.1 Å². The minimum absolute atomic E-state index is 0.0412. The van der Waals surface area contributed by atoms with Gasteiger partial charge in [0.1, 0.15) is 17.0 Å². The van der Waals surface area contributed by atoms with Gasteiger partial charge in [-0.3, -0.25) is 0 Å². The fourth-order valence-corrected chi connectivity index (χ4v) is 5.86. The van der Waals surface area contributed by atoms with Gasteiger partial charge in [0.05, 0.1) is 31.0 Å². The largest absolute Gasteiger partial charge is 0.433 e. The second kappa shape index (κ2) is 11.8. The quantitative estimate of drug-likeness (QED) is 0.155. The van der Waals surface area contributed by atoms with E-state index in [-0.39, 0.29) is 17.9 Å². The van der Waals surface area contributed by atoms with Crippen molar-refractivity contribution < 1.29 is 35.8 Å². The van der Waals surface area contributed by atoms with Crippen molar-refractivity contribution in [3.63, 3.8) is 0 Å². The standard InChI is InChI=1S/2C16H14F3N3O/c17-16(18,19)14-4-2-10-11-7-9(13-8-20-5-6-23-13)1-3-12(11)21-15(10)22-14;17-16(18,19)10-6-12-11-5-9(14-8-20-3-4-23-14)1-2-13(11)22-15(12)21-7-10/h1-4,7,13,20H,5-6,8H2,(H,21,22);1-2,5-7,14,20H,3-4,8H2,(H,21,22)/t13-;14-/m10/s1. The van der Waals surface area contributed by atoms with E-state index >= 15 is 0 Å². The fourth-order valence-electron chi connectivity index (χ4n) is 5.86. The molecule has 0 amide bonds. The van der Waals surface area contributed by atoms with Gasteiger partial charge in [0, 0.05) is 65.0 Å². The number of fused-ring (bicyclic) bond motifs is 6. The molecule has 0 aliphatic carbocycles. The summed E-state index contributed by atoms with van der Waals surface area (Å²) in [4.78, 5) is 13.6. The van der Waals surface area contributed by atoms with E-state index < -0.39 is 23.6 Å². The number of aromatic nitrogens is 4. The number of hydrogen-bond donors (Lipinski definition) is 4. The summed E-state index contributed by atoms with van der Waals surface area (Å²) in [5, 5.41) is 9.25. The van der Waals surface area contributed by atoms with E-state index in [0.29, 0.717) is 36.2 Å². The monoisotopic (exact) mass is 642 g/mol. The molecule has 6 heterocycles. The molecule has 4 N–H and O–H groups in total. The number of alkyl halides is 6. The van der Waals surface area contributed by atoms with Crippen LogP contribution in [0.4, 0.5) is 26.3 Å². The number of ether oxygens (including phenoxy) is 2. The highest BCUT2D eigenvalue weighted by Gasteiger charge is 2.33. The van der Waals surface area contributed by atoms with Crippen LogP contribution in [0.3, 0.4) is 0 Å². The Bertz CT molecular complexity index is 2020. The summed E-state index contributed by atoms with van der Waals surface area (Å²) in [6, 6.07) is 15.0. The van der Waals surface area contributed by atoms with Crippen LogP contribution in [-0.2, 0) is 21.8 Å². The van der Waals surface area contributed by atoms with Gasteiger partial charge in [-0.05, 0) is 53.6 Å². The van der Waals surface area contributed by atoms with E-state index in [1.807, 2.05) is 36.4 Å². The maximum atomic E-state index is 12.9. The van der Waals surface area contributed by atoms with Crippen molar-refractivity contribution in [1.29, 1.82) is 0 Å². The summed E-state index contributed by atoms with van der Waals surface area (Å²) in [6.45, 7) is 4.33. The molecule has 240 valence electrons. The van der Waals surface area contributed by atoms with Crippen LogP contribution >= 0.6 is 0 Å². The first-order valence-corrected chi connectivity index (χ1v) is 14.7. The van der Waals surface area contributed by atoms with Gasteiger partial charge >= 0.3 is 12.4 Å². The van der Waals surface area contributed by atoms with Gasteiger partial charge in [0.2, 0.25) is 0 Å². The van der Waals surface area contributed by atoms with E-state index in [9.17, 15) is 26.3 Å². The minimum Gasteiger partial charge on any atom is -0.371 e. The molecule has 2 atom stereocenters. The first kappa shape index (κ1) is 30.4. The van der Waals surface area contributed by atoms with Crippen molar-refractivity contribution >= 4 is 43.9 Å². The Morgan fingerprint density at radius 2 is 1.22 bits per heavy atom. The number of nitrogens with zero attached hydrogens (tertiary/aromatic N) is 2. The number of halogens is 6. The molecule has 2 aromatic carbocycles. The Morgan fingerprint density at radius 1 is 0.630 bits per heavy atom. The number of morpholine rings is 2. The normalized spacial score (nSPS) is 19.5. The lowest BCUT2D eigenvalue weighted by Gasteiger charge is -2.24. The molecule has 0 radical (unpaired) electrons. The highest BCUT2D eigenvalue weighted by molar-refractivity contribution is 6.07. The molecule has 2 fully saturated rings. The number of H-pyrrole nitrogens is 2. The second-order valence-corrected chi connectivity index (χ2v) is 11.2. The van der Waals surface area contributed by atoms with Crippen LogP contribution in [0.25, 0.3) is 43.9 Å². The predicted molar refractivity (Wildman–Crippen MR) is 160 cm³/mol. The third kappa shape index (κ3) is 6.00. The van der Waals surface area contributed by atoms with Gasteiger partial charge in [-0.2, -0.15) is 26.3 Å². The molecule has 0 unspecified atom stereocenters. The molecule has 0 saturated carbocycles. The zero-order valence-corrected chi connectivity index (χ0v) is 24.1. The highest BCUT2D eigenvalue weighted by Crippen LogP contribution is 2.35.